The molecule has 0 aliphatic carbocycles. The van der Waals surface area contributed by atoms with Crippen LogP contribution in [0.2, 0.25) is 0 Å². The second-order valence-electron chi connectivity index (χ2n) is 6.90. The number of aromatic carboxylic acids is 1. The van der Waals surface area contributed by atoms with E-state index in [9.17, 15) is 20.0 Å². The highest BCUT2D eigenvalue weighted by Crippen LogP contribution is 2.32. The van der Waals surface area contributed by atoms with Gasteiger partial charge in [0, 0.05) is 33.4 Å². The fourth-order valence-electron chi connectivity index (χ4n) is 3.51. The molecule has 5 aromatic rings. The summed E-state index contributed by atoms with van der Waals surface area (Å²) in [7, 11) is 0. The predicted molar refractivity (Wildman–Crippen MR) is 119 cm³/mol. The van der Waals surface area contributed by atoms with Crippen LogP contribution in [-0.4, -0.2) is 26.1 Å². The summed E-state index contributed by atoms with van der Waals surface area (Å²) >= 11 is 0. The summed E-state index contributed by atoms with van der Waals surface area (Å²) < 4.78 is 0. The number of H-pyrrole nitrogens is 1. The van der Waals surface area contributed by atoms with E-state index in [2.05, 4.69) is 29.2 Å². The Morgan fingerprint density at radius 3 is 2.42 bits per heavy atom. The first kappa shape index (κ1) is 19.7. The number of aromatic nitrogens is 1. The highest BCUT2D eigenvalue weighted by atomic mass is 16.6. The summed E-state index contributed by atoms with van der Waals surface area (Å²) in [4.78, 5) is 23.5. The molecule has 31 heavy (non-hydrogen) atoms. The molecule has 0 atom stereocenters. The highest BCUT2D eigenvalue weighted by molar-refractivity contribution is 6.17. The molecule has 0 amide bonds. The molecule has 8 nitrogen and oxygen atoms in total. The minimum atomic E-state index is -1.36. The van der Waals surface area contributed by atoms with Crippen LogP contribution in [0.1, 0.15) is 10.4 Å². The number of nitro groups is 1. The number of carbonyl (C=O) groups is 1. The molecular formula is C23H17N3O5. The number of nitrogens with zero attached hydrogens (tertiary/aromatic N) is 1. The summed E-state index contributed by atoms with van der Waals surface area (Å²) in [5.41, 5.74) is 6.82. The maximum atomic E-state index is 10.5. The van der Waals surface area contributed by atoms with Gasteiger partial charge >= 0.3 is 5.97 Å². The number of anilines is 1. The maximum absolute atomic E-state index is 10.5. The molecule has 5 N–H and O–H groups in total. The number of nitrogens with two attached hydrogens (primary N) is 1. The summed E-state index contributed by atoms with van der Waals surface area (Å²) in [6, 6.07) is 21.4. The molecule has 5 rings (SSSR count). The minimum absolute atomic E-state index is 0.183. The van der Waals surface area contributed by atoms with Gasteiger partial charge in [0.05, 0.1) is 10.4 Å². The predicted octanol–water partition coefficient (Wildman–Crippen LogP) is 5.06. The Kier molecular flexibility index (Phi) is 4.88. The summed E-state index contributed by atoms with van der Waals surface area (Å²) in [5.74, 6) is -1.06. The second-order valence-corrected chi connectivity index (χ2v) is 6.90. The molecule has 0 aliphatic heterocycles. The van der Waals surface area contributed by atoms with E-state index in [0.29, 0.717) is 5.75 Å². The zero-order valence-corrected chi connectivity index (χ0v) is 16.1. The quantitative estimate of drug-likeness (QED) is 0.180. The molecule has 154 valence electrons. The Bertz CT molecular complexity index is 1470. The number of aromatic amines is 1. The number of phenolic OH excluding ortho intramolecular Hbond substituents is 1. The zero-order chi connectivity index (χ0) is 22.1. The molecule has 8 heteroatoms. The van der Waals surface area contributed by atoms with Crippen molar-refractivity contribution in [3.8, 4) is 5.75 Å². The van der Waals surface area contributed by atoms with Crippen molar-refractivity contribution >= 4 is 49.9 Å². The molecule has 0 fully saturated rings. The van der Waals surface area contributed by atoms with Crippen molar-refractivity contribution in [2.24, 2.45) is 0 Å². The molecule has 0 unspecified atom stereocenters. The van der Waals surface area contributed by atoms with Crippen LogP contribution in [0.4, 0.5) is 11.4 Å². The number of hydrogen-bond acceptors (Lipinski definition) is 5. The number of rotatable bonds is 2. The van der Waals surface area contributed by atoms with Crippen molar-refractivity contribution in [1.29, 1.82) is 0 Å². The Morgan fingerprint density at radius 2 is 1.68 bits per heavy atom. The van der Waals surface area contributed by atoms with Crippen molar-refractivity contribution in [1.82, 2.24) is 4.98 Å². The summed E-state index contributed by atoms with van der Waals surface area (Å²) in [5, 5.41) is 33.2. The number of phenols is 1. The van der Waals surface area contributed by atoms with Crippen LogP contribution in [0.5, 0.6) is 5.75 Å². The molecule has 0 bridgehead atoms. The number of para-hydroxylation sites is 1. The van der Waals surface area contributed by atoms with Gasteiger partial charge in [0.15, 0.2) is 0 Å². The van der Waals surface area contributed by atoms with Gasteiger partial charge in [0.1, 0.15) is 11.3 Å². The molecular weight excluding hydrogens is 398 g/mol. The Balaban J connectivity index is 0.000000159. The zero-order valence-electron chi connectivity index (χ0n) is 16.1. The smallest absolute Gasteiger partial charge is 0.342 e. The molecule has 4 aromatic carbocycles. The van der Waals surface area contributed by atoms with E-state index in [-0.39, 0.29) is 5.69 Å². The van der Waals surface area contributed by atoms with Gasteiger partial charge in [0.25, 0.3) is 5.69 Å². The Labute approximate surface area is 175 Å². The number of carboxylic acid groups (broad SMARTS) is 1. The molecule has 1 heterocycles. The SMILES string of the molecule is Nc1ccc([N+](=O)[O-])c(C(=O)O)c1.Oc1ccc2ccc3c4ccccc4[nH]c3c2c1. The van der Waals surface area contributed by atoms with Gasteiger partial charge < -0.3 is 20.9 Å². The lowest BCUT2D eigenvalue weighted by molar-refractivity contribution is -0.385. The van der Waals surface area contributed by atoms with Crippen molar-refractivity contribution in [2.45, 2.75) is 0 Å². The van der Waals surface area contributed by atoms with Crippen molar-refractivity contribution in [2.75, 3.05) is 5.73 Å². The fraction of sp³-hybridized carbons (Fsp3) is 0. The number of fused-ring (bicyclic) bond motifs is 5. The van der Waals surface area contributed by atoms with E-state index in [1.807, 2.05) is 24.3 Å². The van der Waals surface area contributed by atoms with E-state index < -0.39 is 22.1 Å². The number of hydrogen-bond donors (Lipinski definition) is 4. The normalized spacial score (nSPS) is 10.7. The third-order valence-corrected chi connectivity index (χ3v) is 4.93. The lowest BCUT2D eigenvalue weighted by atomic mass is 10.1. The topological polar surface area (TPSA) is 142 Å². The van der Waals surface area contributed by atoms with Crippen LogP contribution in [-0.2, 0) is 0 Å². The van der Waals surface area contributed by atoms with Crippen molar-refractivity contribution in [3.63, 3.8) is 0 Å². The van der Waals surface area contributed by atoms with E-state index in [0.717, 1.165) is 33.9 Å². The first-order valence-corrected chi connectivity index (χ1v) is 9.24. The van der Waals surface area contributed by atoms with E-state index >= 15 is 0 Å². The first-order valence-electron chi connectivity index (χ1n) is 9.24. The number of nitro benzene ring substituents is 1. The first-order chi connectivity index (χ1) is 14.8. The average Bonchev–Trinajstić information content (AvgIpc) is 3.13. The third-order valence-electron chi connectivity index (χ3n) is 4.93. The Morgan fingerprint density at radius 1 is 0.935 bits per heavy atom. The van der Waals surface area contributed by atoms with Gasteiger partial charge in [0.2, 0.25) is 0 Å². The number of aromatic hydroxyl groups is 1. The van der Waals surface area contributed by atoms with Crippen LogP contribution in [0.25, 0.3) is 32.6 Å². The van der Waals surface area contributed by atoms with Gasteiger partial charge in [-0.1, -0.05) is 36.4 Å². The lowest BCUT2D eigenvalue weighted by Gasteiger charge is -2.00. The summed E-state index contributed by atoms with van der Waals surface area (Å²) in [6.07, 6.45) is 0. The molecule has 0 spiro atoms. The van der Waals surface area contributed by atoms with Crippen LogP contribution in [0.15, 0.2) is 72.8 Å². The number of carboxylic acids is 1. The van der Waals surface area contributed by atoms with Gasteiger partial charge in [-0.05, 0) is 35.7 Å². The highest BCUT2D eigenvalue weighted by Gasteiger charge is 2.19. The van der Waals surface area contributed by atoms with E-state index in [4.69, 9.17) is 10.8 Å². The number of benzene rings is 4. The van der Waals surface area contributed by atoms with Gasteiger partial charge in [-0.25, -0.2) is 4.79 Å². The lowest BCUT2D eigenvalue weighted by Crippen LogP contribution is -2.03. The van der Waals surface area contributed by atoms with Crippen LogP contribution in [0.3, 0.4) is 0 Å². The summed E-state index contributed by atoms with van der Waals surface area (Å²) in [6.45, 7) is 0. The molecule has 0 saturated carbocycles. The van der Waals surface area contributed by atoms with Crippen molar-refractivity contribution in [3.05, 3.63) is 88.5 Å². The monoisotopic (exact) mass is 415 g/mol. The molecule has 0 saturated heterocycles. The van der Waals surface area contributed by atoms with Crippen LogP contribution < -0.4 is 5.73 Å². The maximum Gasteiger partial charge on any atom is 0.342 e. The molecule has 0 radical (unpaired) electrons. The van der Waals surface area contributed by atoms with Crippen LogP contribution in [0, 0.1) is 10.1 Å². The van der Waals surface area contributed by atoms with Crippen molar-refractivity contribution < 1.29 is 19.9 Å². The minimum Gasteiger partial charge on any atom is -0.508 e. The molecule has 1 aromatic heterocycles. The third kappa shape index (κ3) is 3.69. The van der Waals surface area contributed by atoms with Gasteiger partial charge in [-0.3, -0.25) is 10.1 Å². The largest absolute Gasteiger partial charge is 0.508 e. The Hall–Kier alpha value is -4.59. The fourth-order valence-corrected chi connectivity index (χ4v) is 3.51. The van der Waals surface area contributed by atoms with Gasteiger partial charge in [-0.15, -0.1) is 0 Å². The van der Waals surface area contributed by atoms with E-state index in [1.54, 1.807) is 6.07 Å². The number of nitrogen functional groups attached to an aromatic ring is 1. The number of nitrogens with one attached hydrogen (secondary N) is 1. The average molecular weight is 415 g/mol. The second kappa shape index (κ2) is 7.68. The van der Waals surface area contributed by atoms with Crippen LogP contribution >= 0.6 is 0 Å². The molecule has 0 aliphatic rings. The standard InChI is InChI=1S/C16H11NO.C7H6N2O4/c18-11-7-5-10-6-8-13-12-3-1-2-4-15(12)17-16(13)14(10)9-11;8-4-1-2-6(9(12)13)5(3-4)7(10)11/h1-9,17-18H;1-3H,8H2,(H,10,11). The van der Waals surface area contributed by atoms with E-state index in [1.165, 1.54) is 16.8 Å². The van der Waals surface area contributed by atoms with Gasteiger partial charge in [-0.2, -0.15) is 0 Å².